The molecule has 278 valence electrons. The van der Waals surface area contributed by atoms with Crippen molar-refractivity contribution in [2.24, 2.45) is 11.1 Å². The molecule has 2 amide bonds. The Bertz CT molecular complexity index is 1860. The van der Waals surface area contributed by atoms with E-state index in [0.717, 1.165) is 37.3 Å². The summed E-state index contributed by atoms with van der Waals surface area (Å²) >= 11 is 5.93. The van der Waals surface area contributed by atoms with Crippen LogP contribution in [0.4, 0.5) is 5.69 Å². The predicted molar refractivity (Wildman–Crippen MR) is 193 cm³/mol. The third-order valence-corrected chi connectivity index (χ3v) is 10.9. The van der Waals surface area contributed by atoms with Gasteiger partial charge in [0.05, 0.1) is 11.1 Å². The van der Waals surface area contributed by atoms with Crippen LogP contribution in [-0.4, -0.2) is 79.6 Å². The minimum absolute atomic E-state index is 0.0219. The monoisotopic (exact) mass is 754 g/mol. The second-order valence-corrected chi connectivity index (χ2v) is 15.0. The van der Waals surface area contributed by atoms with Gasteiger partial charge in [-0.3, -0.25) is 19.7 Å². The summed E-state index contributed by atoms with van der Waals surface area (Å²) in [5.74, 6) is -1.75. The molecule has 0 aromatic heterocycles. The lowest BCUT2D eigenvalue weighted by molar-refractivity contribution is -0.152. The predicted octanol–water partition coefficient (Wildman–Crippen LogP) is 4.39. The van der Waals surface area contributed by atoms with Crippen molar-refractivity contribution in [1.29, 1.82) is 0 Å². The molecule has 0 bridgehead atoms. The van der Waals surface area contributed by atoms with Crippen molar-refractivity contribution < 1.29 is 42.2 Å². The summed E-state index contributed by atoms with van der Waals surface area (Å²) < 4.78 is 34.8. The maximum atomic E-state index is 13.8. The fraction of sp³-hybridized carbons (Fsp3) is 0.405. The van der Waals surface area contributed by atoms with Crippen LogP contribution >= 0.6 is 11.6 Å². The molecule has 0 radical (unpaired) electrons. The molecule has 5 atom stereocenters. The third-order valence-electron chi connectivity index (χ3n) is 9.51. The molecule has 13 nitrogen and oxygen atoms in total. The van der Waals surface area contributed by atoms with E-state index in [0.29, 0.717) is 24.3 Å². The molecular weight excluding hydrogens is 712 g/mol. The van der Waals surface area contributed by atoms with Gasteiger partial charge in [0.2, 0.25) is 15.9 Å². The van der Waals surface area contributed by atoms with Crippen molar-refractivity contribution in [3.8, 4) is 5.75 Å². The highest BCUT2D eigenvalue weighted by Crippen LogP contribution is 2.40. The number of nitrogens with zero attached hydrogens (tertiary/aromatic N) is 1. The lowest BCUT2D eigenvalue weighted by Crippen LogP contribution is -2.55. The second kappa shape index (κ2) is 17.3. The Morgan fingerprint density at radius 1 is 1.00 bits per heavy atom. The number of hydrogen-bond acceptors (Lipinski definition) is 9. The van der Waals surface area contributed by atoms with Gasteiger partial charge in [-0.15, -0.1) is 0 Å². The molecule has 5 rings (SSSR count). The first-order valence-corrected chi connectivity index (χ1v) is 19.1. The van der Waals surface area contributed by atoms with Crippen LogP contribution in [0.15, 0.2) is 77.7 Å². The van der Waals surface area contributed by atoms with Gasteiger partial charge in [0.15, 0.2) is 0 Å². The van der Waals surface area contributed by atoms with Crippen molar-refractivity contribution in [2.45, 2.75) is 80.9 Å². The Labute approximate surface area is 307 Å². The van der Waals surface area contributed by atoms with E-state index in [1.807, 2.05) is 18.2 Å². The number of rotatable bonds is 15. The van der Waals surface area contributed by atoms with Crippen molar-refractivity contribution >= 4 is 51.1 Å². The highest BCUT2D eigenvalue weighted by molar-refractivity contribution is 7.89. The van der Waals surface area contributed by atoms with Crippen molar-refractivity contribution in [3.63, 3.8) is 0 Å². The smallest absolute Gasteiger partial charge is 0.326 e. The molecule has 1 aliphatic heterocycles. The number of sulfonamides is 1. The van der Waals surface area contributed by atoms with Crippen molar-refractivity contribution in [1.82, 2.24) is 10.2 Å². The molecule has 0 spiro atoms. The van der Waals surface area contributed by atoms with E-state index in [1.165, 1.54) is 17.0 Å². The fourth-order valence-electron chi connectivity index (χ4n) is 6.91. The van der Waals surface area contributed by atoms with Gasteiger partial charge in [0, 0.05) is 17.3 Å². The molecule has 1 heterocycles. The zero-order valence-electron chi connectivity index (χ0n) is 28.7. The average molecular weight is 755 g/mol. The van der Waals surface area contributed by atoms with Crippen LogP contribution in [0.2, 0.25) is 5.02 Å². The van der Waals surface area contributed by atoms with Crippen LogP contribution in [0.3, 0.4) is 0 Å². The topological polar surface area (TPSA) is 194 Å². The summed E-state index contributed by atoms with van der Waals surface area (Å²) in [6.45, 7) is 1.74. The van der Waals surface area contributed by atoms with Crippen molar-refractivity contribution in [2.75, 3.05) is 18.5 Å². The molecule has 1 saturated heterocycles. The number of likely N-dealkylation sites (tertiary alicyclic amines) is 1. The first kappa shape index (κ1) is 38.7. The van der Waals surface area contributed by atoms with Gasteiger partial charge in [-0.05, 0) is 93.0 Å². The lowest BCUT2D eigenvalue weighted by atomic mass is 9.84. The number of carboxylic acids is 1. The van der Waals surface area contributed by atoms with Gasteiger partial charge in [0.1, 0.15) is 35.9 Å². The number of primary sulfonamides is 1. The zero-order valence-corrected chi connectivity index (χ0v) is 30.3. The lowest BCUT2D eigenvalue weighted by Gasteiger charge is -2.35. The Morgan fingerprint density at radius 3 is 2.40 bits per heavy atom. The number of halogens is 1. The number of carboxylic acid groups (broad SMARTS) is 1. The molecule has 1 unspecified atom stereocenters. The van der Waals surface area contributed by atoms with Gasteiger partial charge in [0.25, 0.3) is 5.91 Å². The first-order valence-electron chi connectivity index (χ1n) is 17.2. The molecule has 2 aliphatic rings. The van der Waals surface area contributed by atoms with E-state index < -0.39 is 46.0 Å². The van der Waals surface area contributed by atoms with E-state index in [1.54, 1.807) is 43.3 Å². The van der Waals surface area contributed by atoms with Crippen LogP contribution in [0.1, 0.15) is 61.4 Å². The summed E-state index contributed by atoms with van der Waals surface area (Å²) in [6.07, 6.45) is 4.67. The van der Waals surface area contributed by atoms with Gasteiger partial charge in [-0.25, -0.2) is 18.4 Å². The largest absolute Gasteiger partial charge is 0.490 e. The quantitative estimate of drug-likeness (QED) is 0.128. The third kappa shape index (κ3) is 9.88. The normalized spacial score (nSPS) is 19.6. The summed E-state index contributed by atoms with van der Waals surface area (Å²) in [4.78, 5) is 53.4. The number of esters is 1. The van der Waals surface area contributed by atoms with Crippen LogP contribution in [0.25, 0.3) is 0 Å². The first-order chi connectivity index (χ1) is 24.8. The van der Waals surface area contributed by atoms with Gasteiger partial charge in [-0.1, -0.05) is 54.8 Å². The molecule has 2 fully saturated rings. The molecule has 1 saturated carbocycles. The van der Waals surface area contributed by atoms with E-state index in [2.05, 4.69) is 10.6 Å². The van der Waals surface area contributed by atoms with E-state index in [-0.39, 0.29) is 53.0 Å². The molecule has 5 N–H and O–H groups in total. The van der Waals surface area contributed by atoms with E-state index in [4.69, 9.17) is 26.2 Å². The number of carbonyl (C=O) groups excluding carboxylic acids is 3. The Morgan fingerprint density at radius 2 is 1.71 bits per heavy atom. The number of carbonyl (C=O) groups is 4. The second-order valence-electron chi connectivity index (χ2n) is 13.1. The standard InChI is InChI=1S/C37H43ClN4O9S/c1-23(35(44)42-31-10-6-5-7-25(31)21-32(42)36(45)46)40-30(37(47)51-20-19-50-28-8-3-2-4-9-28)18-13-24-11-15-27(16-12-24)41-34(43)26-14-17-29(38)33(22-26)52(39,48)49/h2-4,8-9,11-12,14-17,22-23,25,30-32,40H,5-7,10,13,18-21H2,1H3,(H,41,43)(H,45,46)(H2,39,48,49)/t23-,25+,30-,31?,32-/m0/s1. The number of fused-ring (bicyclic) bond motifs is 1. The number of aryl methyl sites for hydroxylation is 1. The van der Waals surface area contributed by atoms with Crippen LogP contribution in [0.5, 0.6) is 5.75 Å². The van der Waals surface area contributed by atoms with E-state index >= 15 is 0 Å². The van der Waals surface area contributed by atoms with Gasteiger partial charge >= 0.3 is 11.9 Å². The number of hydrogen-bond donors (Lipinski definition) is 4. The van der Waals surface area contributed by atoms with Gasteiger partial charge < -0.3 is 24.8 Å². The molecular formula is C37H43ClN4O9S. The Kier molecular flexibility index (Phi) is 12.9. The van der Waals surface area contributed by atoms with Crippen molar-refractivity contribution in [3.05, 3.63) is 88.9 Å². The van der Waals surface area contributed by atoms with Crippen LogP contribution < -0.4 is 20.5 Å². The number of amides is 2. The van der Waals surface area contributed by atoms with E-state index in [9.17, 15) is 32.7 Å². The summed E-state index contributed by atoms with van der Waals surface area (Å²) in [5.41, 5.74) is 1.31. The summed E-state index contributed by atoms with van der Waals surface area (Å²) in [6, 6.07) is 16.9. The number of benzene rings is 3. The number of nitrogens with one attached hydrogen (secondary N) is 2. The summed E-state index contributed by atoms with van der Waals surface area (Å²) in [5, 5.41) is 20.9. The maximum absolute atomic E-state index is 13.8. The zero-order chi connectivity index (χ0) is 37.4. The highest BCUT2D eigenvalue weighted by atomic mass is 35.5. The molecule has 3 aromatic rings. The SMILES string of the molecule is C[C@H](N[C@@H](CCc1ccc(NC(=O)c2ccc(Cl)c(S(N)(=O)=O)c2)cc1)C(=O)OCCOc1ccccc1)C(=O)N1C2CCCC[C@@H]2C[C@H]1C(=O)O. The fourth-order valence-corrected chi connectivity index (χ4v) is 7.99. The molecule has 15 heteroatoms. The minimum atomic E-state index is -4.13. The maximum Gasteiger partial charge on any atom is 0.326 e. The highest BCUT2D eigenvalue weighted by Gasteiger charge is 2.48. The number of nitrogens with two attached hydrogens (primary N) is 1. The number of para-hydroxylation sites is 1. The van der Waals surface area contributed by atoms with Gasteiger partial charge in [-0.2, -0.15) is 0 Å². The number of ether oxygens (including phenoxy) is 2. The van der Waals surface area contributed by atoms with Crippen LogP contribution in [-0.2, 0) is 35.6 Å². The molecule has 52 heavy (non-hydrogen) atoms. The Balaban J connectivity index is 1.23. The molecule has 3 aromatic carbocycles. The minimum Gasteiger partial charge on any atom is -0.490 e. The number of aliphatic carboxylic acids is 1. The average Bonchev–Trinajstić information content (AvgIpc) is 3.52. The summed E-state index contributed by atoms with van der Waals surface area (Å²) in [7, 11) is -4.13. The molecule has 1 aliphatic carbocycles. The Hall–Kier alpha value is -4.50. The number of anilines is 1. The van der Waals surface area contributed by atoms with Crippen LogP contribution in [0, 0.1) is 5.92 Å².